The molecule has 0 aliphatic rings. The van der Waals surface area contributed by atoms with Gasteiger partial charge in [0, 0.05) is 5.56 Å². The molecular weight excluding hydrogens is 269 g/mol. The van der Waals surface area contributed by atoms with Gasteiger partial charge in [-0.05, 0) is 32.0 Å². The van der Waals surface area contributed by atoms with Gasteiger partial charge in [-0.3, -0.25) is 10.6 Å². The molecule has 2 aromatic rings. The maximum atomic E-state index is 13.7. The molecule has 5 heteroatoms. The first kappa shape index (κ1) is 15.0. The number of amides is 1. The summed E-state index contributed by atoms with van der Waals surface area (Å²) in [5.41, 5.74) is 4.84. The Morgan fingerprint density at radius 1 is 1.24 bits per heavy atom. The Bertz CT molecular complexity index is 658. The van der Waals surface area contributed by atoms with Crippen LogP contribution in [0.3, 0.4) is 0 Å². The quantitative estimate of drug-likeness (QED) is 0.598. The number of hydrogen-bond donors (Lipinski definition) is 3. The highest BCUT2D eigenvalue weighted by atomic mass is 19.1. The molecule has 0 heterocycles. The zero-order valence-corrected chi connectivity index (χ0v) is 12.0. The minimum absolute atomic E-state index is 0.303. The van der Waals surface area contributed by atoms with Crippen LogP contribution in [0.4, 0.5) is 10.1 Å². The lowest BCUT2D eigenvalue weighted by Crippen LogP contribution is -2.28. The number of carbonyl (C=O) groups excluding carboxylic acids is 1. The summed E-state index contributed by atoms with van der Waals surface area (Å²) in [4.78, 5) is 12.3. The van der Waals surface area contributed by atoms with E-state index in [1.165, 1.54) is 6.07 Å². The van der Waals surface area contributed by atoms with E-state index in [-0.39, 0.29) is 11.7 Å². The number of hydrogen-bond acceptors (Lipinski definition) is 3. The molecule has 0 aliphatic carbocycles. The molecule has 1 atom stereocenters. The van der Waals surface area contributed by atoms with Crippen molar-refractivity contribution in [2.75, 3.05) is 5.43 Å². The van der Waals surface area contributed by atoms with Gasteiger partial charge in [-0.15, -0.1) is 0 Å². The van der Waals surface area contributed by atoms with Crippen molar-refractivity contribution < 1.29 is 9.18 Å². The summed E-state index contributed by atoms with van der Waals surface area (Å²) < 4.78 is 13.7. The SMILES string of the molecule is Cc1ccc(NN)c(C(=O)NC(C)c2ccccc2F)c1. The van der Waals surface area contributed by atoms with Crippen LogP contribution in [-0.4, -0.2) is 5.91 Å². The summed E-state index contributed by atoms with van der Waals surface area (Å²) in [5.74, 6) is 4.77. The Morgan fingerprint density at radius 3 is 2.62 bits per heavy atom. The number of nitrogens with one attached hydrogen (secondary N) is 2. The lowest BCUT2D eigenvalue weighted by molar-refractivity contribution is 0.0940. The topological polar surface area (TPSA) is 67.1 Å². The molecule has 2 aromatic carbocycles. The standard InChI is InChI=1S/C16H18FN3O/c1-10-7-8-15(20-18)13(9-10)16(21)19-11(2)12-5-3-4-6-14(12)17/h3-9,11,20H,18H2,1-2H3,(H,19,21). The van der Waals surface area contributed by atoms with Gasteiger partial charge in [-0.1, -0.05) is 29.8 Å². The molecule has 21 heavy (non-hydrogen) atoms. The van der Waals surface area contributed by atoms with E-state index in [1.807, 2.05) is 13.0 Å². The molecule has 2 rings (SSSR count). The number of carbonyl (C=O) groups is 1. The van der Waals surface area contributed by atoms with E-state index in [1.54, 1.807) is 37.3 Å². The monoisotopic (exact) mass is 287 g/mol. The van der Waals surface area contributed by atoms with Gasteiger partial charge in [0.25, 0.3) is 5.91 Å². The van der Waals surface area contributed by atoms with Crippen molar-refractivity contribution in [2.24, 2.45) is 5.84 Å². The van der Waals surface area contributed by atoms with Gasteiger partial charge in [0.1, 0.15) is 5.82 Å². The predicted molar refractivity (Wildman–Crippen MR) is 81.3 cm³/mol. The summed E-state index contributed by atoms with van der Waals surface area (Å²) in [6, 6.07) is 11.3. The van der Waals surface area contributed by atoms with Crippen molar-refractivity contribution in [1.29, 1.82) is 0 Å². The van der Waals surface area contributed by atoms with E-state index in [2.05, 4.69) is 10.7 Å². The summed E-state index contributed by atoms with van der Waals surface area (Å²) >= 11 is 0. The van der Waals surface area contributed by atoms with Gasteiger partial charge in [-0.2, -0.15) is 0 Å². The summed E-state index contributed by atoms with van der Waals surface area (Å²) in [7, 11) is 0. The molecule has 0 fully saturated rings. The number of aryl methyl sites for hydroxylation is 1. The van der Waals surface area contributed by atoms with Crippen LogP contribution in [0.5, 0.6) is 0 Å². The number of rotatable bonds is 4. The van der Waals surface area contributed by atoms with E-state index < -0.39 is 6.04 Å². The predicted octanol–water partition coefficient (Wildman–Crippen LogP) is 2.91. The smallest absolute Gasteiger partial charge is 0.253 e. The second kappa shape index (κ2) is 6.37. The first-order chi connectivity index (χ1) is 10.0. The third kappa shape index (κ3) is 3.38. The van der Waals surface area contributed by atoms with Gasteiger partial charge < -0.3 is 10.7 Å². The molecule has 0 aliphatic heterocycles. The molecule has 0 saturated carbocycles. The van der Waals surface area contributed by atoms with Gasteiger partial charge >= 0.3 is 0 Å². The number of benzene rings is 2. The lowest BCUT2D eigenvalue weighted by atomic mass is 10.1. The average Bonchev–Trinajstić information content (AvgIpc) is 2.47. The Balaban J connectivity index is 2.22. The lowest BCUT2D eigenvalue weighted by Gasteiger charge is -2.17. The molecule has 0 radical (unpaired) electrons. The van der Waals surface area contributed by atoms with E-state index in [0.29, 0.717) is 16.8 Å². The third-order valence-electron chi connectivity index (χ3n) is 3.29. The second-order valence-electron chi connectivity index (χ2n) is 4.91. The van der Waals surface area contributed by atoms with Crippen molar-refractivity contribution >= 4 is 11.6 Å². The molecule has 110 valence electrons. The summed E-state index contributed by atoms with van der Waals surface area (Å²) in [6.07, 6.45) is 0. The number of anilines is 1. The number of halogens is 1. The van der Waals surface area contributed by atoms with Crippen molar-refractivity contribution in [3.8, 4) is 0 Å². The number of nitrogens with two attached hydrogens (primary N) is 1. The summed E-state index contributed by atoms with van der Waals surface area (Å²) in [5, 5.41) is 2.78. The van der Waals surface area contributed by atoms with Crippen LogP contribution >= 0.6 is 0 Å². The molecule has 4 nitrogen and oxygen atoms in total. The normalized spacial score (nSPS) is 11.8. The number of nitrogen functional groups attached to an aromatic ring is 1. The Kier molecular flexibility index (Phi) is 4.55. The zero-order chi connectivity index (χ0) is 15.4. The maximum Gasteiger partial charge on any atom is 0.253 e. The van der Waals surface area contributed by atoms with Gasteiger partial charge in [0.15, 0.2) is 0 Å². The van der Waals surface area contributed by atoms with Crippen LogP contribution in [0.1, 0.15) is 34.5 Å². The van der Waals surface area contributed by atoms with Crippen molar-refractivity contribution in [1.82, 2.24) is 5.32 Å². The Labute approximate surface area is 123 Å². The highest BCUT2D eigenvalue weighted by Gasteiger charge is 2.16. The zero-order valence-electron chi connectivity index (χ0n) is 12.0. The Morgan fingerprint density at radius 2 is 1.95 bits per heavy atom. The first-order valence-corrected chi connectivity index (χ1v) is 6.65. The van der Waals surface area contributed by atoms with Gasteiger partial charge in [-0.25, -0.2) is 4.39 Å². The molecule has 0 bridgehead atoms. The molecule has 0 aromatic heterocycles. The van der Waals surface area contributed by atoms with Crippen LogP contribution in [0.2, 0.25) is 0 Å². The maximum absolute atomic E-state index is 13.7. The largest absolute Gasteiger partial charge is 0.345 e. The van der Waals surface area contributed by atoms with E-state index in [9.17, 15) is 9.18 Å². The van der Waals surface area contributed by atoms with E-state index in [4.69, 9.17) is 5.84 Å². The van der Waals surface area contributed by atoms with Crippen molar-refractivity contribution in [3.63, 3.8) is 0 Å². The molecule has 0 spiro atoms. The molecule has 1 unspecified atom stereocenters. The molecule has 1 amide bonds. The van der Waals surface area contributed by atoms with Crippen LogP contribution in [0, 0.1) is 12.7 Å². The molecular formula is C16H18FN3O. The van der Waals surface area contributed by atoms with Crippen molar-refractivity contribution in [3.05, 3.63) is 65.0 Å². The number of hydrazine groups is 1. The van der Waals surface area contributed by atoms with Crippen LogP contribution in [0.25, 0.3) is 0 Å². The molecule has 0 saturated heterocycles. The first-order valence-electron chi connectivity index (χ1n) is 6.65. The average molecular weight is 287 g/mol. The fourth-order valence-corrected chi connectivity index (χ4v) is 2.15. The van der Waals surface area contributed by atoms with Gasteiger partial charge in [0.2, 0.25) is 0 Å². The van der Waals surface area contributed by atoms with Gasteiger partial charge in [0.05, 0.1) is 17.3 Å². The van der Waals surface area contributed by atoms with E-state index in [0.717, 1.165) is 5.56 Å². The van der Waals surface area contributed by atoms with Crippen LogP contribution < -0.4 is 16.6 Å². The highest BCUT2D eigenvalue weighted by Crippen LogP contribution is 2.20. The van der Waals surface area contributed by atoms with Crippen LogP contribution in [0.15, 0.2) is 42.5 Å². The fraction of sp³-hybridized carbons (Fsp3) is 0.188. The third-order valence-corrected chi connectivity index (χ3v) is 3.29. The minimum atomic E-state index is -0.440. The van der Waals surface area contributed by atoms with E-state index >= 15 is 0 Å². The Hall–Kier alpha value is -2.40. The van der Waals surface area contributed by atoms with Crippen LogP contribution in [-0.2, 0) is 0 Å². The second-order valence-corrected chi connectivity index (χ2v) is 4.91. The highest BCUT2D eigenvalue weighted by molar-refractivity contribution is 5.99. The molecule has 4 N–H and O–H groups in total. The summed E-state index contributed by atoms with van der Waals surface area (Å²) in [6.45, 7) is 3.62. The minimum Gasteiger partial charge on any atom is -0.345 e. The fourth-order valence-electron chi connectivity index (χ4n) is 2.15. The van der Waals surface area contributed by atoms with Crippen molar-refractivity contribution in [2.45, 2.75) is 19.9 Å².